The minimum atomic E-state index is -0.225. The summed E-state index contributed by atoms with van der Waals surface area (Å²) < 4.78 is 5.48. The molecule has 3 rings (SSSR count). The van der Waals surface area contributed by atoms with Crippen LogP contribution in [0.3, 0.4) is 0 Å². The van der Waals surface area contributed by atoms with E-state index in [4.69, 9.17) is 10.5 Å². The molecule has 1 aromatic rings. The Bertz CT molecular complexity index is 506. The number of likely N-dealkylation sites (N-methyl/N-ethyl adjacent to an activating group) is 1. The van der Waals surface area contributed by atoms with E-state index in [-0.39, 0.29) is 24.0 Å². The first kappa shape index (κ1) is 13.5. The molecule has 20 heavy (non-hydrogen) atoms. The van der Waals surface area contributed by atoms with E-state index in [0.717, 1.165) is 13.0 Å². The molecule has 1 heterocycles. The summed E-state index contributed by atoms with van der Waals surface area (Å²) in [6.07, 6.45) is 0.868. The molecule has 0 radical (unpaired) electrons. The second-order valence-electron chi connectivity index (χ2n) is 5.43. The van der Waals surface area contributed by atoms with Crippen molar-refractivity contribution in [1.29, 1.82) is 0 Å². The van der Waals surface area contributed by atoms with E-state index in [1.165, 1.54) is 11.1 Å². The highest BCUT2D eigenvalue weighted by Gasteiger charge is 2.39. The second kappa shape index (κ2) is 5.52. The summed E-state index contributed by atoms with van der Waals surface area (Å²) in [6, 6.07) is 8.34. The molecule has 0 bridgehead atoms. The van der Waals surface area contributed by atoms with Crippen LogP contribution in [-0.2, 0) is 9.53 Å². The van der Waals surface area contributed by atoms with E-state index in [1.54, 1.807) is 7.05 Å². The van der Waals surface area contributed by atoms with E-state index in [9.17, 15) is 4.79 Å². The summed E-state index contributed by atoms with van der Waals surface area (Å²) in [6.45, 7) is 1.89. The van der Waals surface area contributed by atoms with E-state index in [2.05, 4.69) is 22.3 Å². The number of nitrogens with two attached hydrogens (primary N) is 1. The Morgan fingerprint density at radius 1 is 1.40 bits per heavy atom. The molecule has 0 aromatic heterocycles. The SMILES string of the molecule is CNC(=O)C1COCCN1C1CC(N)c2ccccc21. The summed E-state index contributed by atoms with van der Waals surface area (Å²) >= 11 is 0. The van der Waals surface area contributed by atoms with Crippen molar-refractivity contribution in [3.8, 4) is 0 Å². The molecule has 1 aromatic carbocycles. The quantitative estimate of drug-likeness (QED) is 0.828. The van der Waals surface area contributed by atoms with Crippen molar-refractivity contribution in [2.24, 2.45) is 5.73 Å². The van der Waals surface area contributed by atoms with Crippen LogP contribution in [0.5, 0.6) is 0 Å². The summed E-state index contributed by atoms with van der Waals surface area (Å²) in [7, 11) is 1.67. The van der Waals surface area contributed by atoms with Crippen LogP contribution in [0.4, 0.5) is 0 Å². The molecular weight excluding hydrogens is 254 g/mol. The van der Waals surface area contributed by atoms with Gasteiger partial charge in [-0.1, -0.05) is 24.3 Å². The monoisotopic (exact) mass is 275 g/mol. The molecule has 0 saturated carbocycles. The van der Waals surface area contributed by atoms with Gasteiger partial charge >= 0.3 is 0 Å². The van der Waals surface area contributed by atoms with Gasteiger partial charge in [-0.15, -0.1) is 0 Å². The maximum absolute atomic E-state index is 12.1. The number of hydrogen-bond donors (Lipinski definition) is 2. The average molecular weight is 275 g/mol. The van der Waals surface area contributed by atoms with Gasteiger partial charge in [0.15, 0.2) is 0 Å². The molecule has 3 atom stereocenters. The van der Waals surface area contributed by atoms with Gasteiger partial charge in [0.25, 0.3) is 0 Å². The fraction of sp³-hybridized carbons (Fsp3) is 0.533. The minimum absolute atomic E-state index is 0.0163. The predicted octanol–water partition coefficient (Wildman–Crippen LogP) is 0.578. The smallest absolute Gasteiger partial charge is 0.239 e. The van der Waals surface area contributed by atoms with Gasteiger partial charge in [-0.3, -0.25) is 9.69 Å². The Morgan fingerprint density at radius 2 is 2.15 bits per heavy atom. The molecule has 1 saturated heterocycles. The van der Waals surface area contributed by atoms with Gasteiger partial charge in [-0.25, -0.2) is 0 Å². The molecule has 1 fully saturated rings. The Morgan fingerprint density at radius 3 is 2.90 bits per heavy atom. The average Bonchev–Trinajstić information content (AvgIpc) is 2.84. The Balaban J connectivity index is 1.90. The second-order valence-corrected chi connectivity index (χ2v) is 5.43. The van der Waals surface area contributed by atoms with Crippen LogP contribution in [0.25, 0.3) is 0 Å². The number of nitrogens with zero attached hydrogens (tertiary/aromatic N) is 1. The number of ether oxygens (including phenoxy) is 1. The number of benzene rings is 1. The lowest BCUT2D eigenvalue weighted by molar-refractivity contribution is -0.134. The highest BCUT2D eigenvalue weighted by atomic mass is 16.5. The largest absolute Gasteiger partial charge is 0.378 e. The van der Waals surface area contributed by atoms with Gasteiger partial charge in [0, 0.05) is 25.7 Å². The molecular formula is C15H21N3O2. The van der Waals surface area contributed by atoms with Gasteiger partial charge in [0.2, 0.25) is 5.91 Å². The first-order valence-electron chi connectivity index (χ1n) is 7.12. The Kier molecular flexibility index (Phi) is 3.74. The minimum Gasteiger partial charge on any atom is -0.378 e. The first-order valence-corrected chi connectivity index (χ1v) is 7.12. The predicted molar refractivity (Wildman–Crippen MR) is 76.1 cm³/mol. The van der Waals surface area contributed by atoms with Crippen LogP contribution in [-0.4, -0.2) is 43.7 Å². The van der Waals surface area contributed by atoms with Crippen LogP contribution in [0.1, 0.15) is 29.6 Å². The van der Waals surface area contributed by atoms with Crippen molar-refractivity contribution < 1.29 is 9.53 Å². The van der Waals surface area contributed by atoms with E-state index in [0.29, 0.717) is 13.2 Å². The highest BCUT2D eigenvalue weighted by molar-refractivity contribution is 5.81. The van der Waals surface area contributed by atoms with Crippen LogP contribution in [0.15, 0.2) is 24.3 Å². The number of carbonyl (C=O) groups excluding carboxylic acids is 1. The topological polar surface area (TPSA) is 67.6 Å². The van der Waals surface area contributed by atoms with Crippen LogP contribution >= 0.6 is 0 Å². The zero-order valence-electron chi connectivity index (χ0n) is 11.7. The first-order chi connectivity index (χ1) is 9.72. The molecule has 5 heteroatoms. The third kappa shape index (κ3) is 2.22. The number of nitrogens with one attached hydrogen (secondary N) is 1. The van der Waals surface area contributed by atoms with Crippen molar-refractivity contribution in [2.45, 2.75) is 24.5 Å². The lowest BCUT2D eigenvalue weighted by atomic mass is 10.0. The van der Waals surface area contributed by atoms with Crippen molar-refractivity contribution in [3.05, 3.63) is 35.4 Å². The maximum Gasteiger partial charge on any atom is 0.239 e. The standard InChI is InChI=1S/C15H21N3O2/c1-17-15(19)14-9-20-7-6-18(14)13-8-12(16)10-4-2-3-5-11(10)13/h2-5,12-14H,6-9,16H2,1H3,(H,17,19). The van der Waals surface area contributed by atoms with Gasteiger partial charge < -0.3 is 15.8 Å². The van der Waals surface area contributed by atoms with Crippen molar-refractivity contribution in [1.82, 2.24) is 10.2 Å². The Labute approximate surface area is 119 Å². The van der Waals surface area contributed by atoms with Crippen molar-refractivity contribution in [3.63, 3.8) is 0 Å². The molecule has 5 nitrogen and oxygen atoms in total. The molecule has 0 spiro atoms. The van der Waals surface area contributed by atoms with Crippen LogP contribution in [0, 0.1) is 0 Å². The fourth-order valence-corrected chi connectivity index (χ4v) is 3.34. The summed E-state index contributed by atoms with van der Waals surface area (Å²) in [5.74, 6) is 0.0163. The van der Waals surface area contributed by atoms with Gasteiger partial charge in [0.05, 0.1) is 13.2 Å². The zero-order valence-corrected chi connectivity index (χ0v) is 11.7. The molecule has 1 aliphatic carbocycles. The van der Waals surface area contributed by atoms with E-state index < -0.39 is 0 Å². The summed E-state index contributed by atoms with van der Waals surface area (Å²) in [5.41, 5.74) is 8.71. The maximum atomic E-state index is 12.1. The van der Waals surface area contributed by atoms with Crippen molar-refractivity contribution in [2.75, 3.05) is 26.8 Å². The van der Waals surface area contributed by atoms with Gasteiger partial charge in [-0.2, -0.15) is 0 Å². The number of morpholine rings is 1. The number of fused-ring (bicyclic) bond motifs is 1. The normalized spacial score (nSPS) is 30.0. The number of rotatable bonds is 2. The van der Waals surface area contributed by atoms with Gasteiger partial charge in [0.1, 0.15) is 6.04 Å². The molecule has 3 N–H and O–H groups in total. The van der Waals surface area contributed by atoms with E-state index >= 15 is 0 Å². The molecule has 2 aliphatic rings. The number of hydrogen-bond acceptors (Lipinski definition) is 4. The van der Waals surface area contributed by atoms with Crippen molar-refractivity contribution >= 4 is 5.91 Å². The zero-order chi connectivity index (χ0) is 14.1. The van der Waals surface area contributed by atoms with Crippen LogP contribution < -0.4 is 11.1 Å². The molecule has 3 unspecified atom stereocenters. The summed E-state index contributed by atoms with van der Waals surface area (Å²) in [4.78, 5) is 14.3. The number of amides is 1. The third-order valence-corrected chi connectivity index (χ3v) is 4.35. The molecule has 108 valence electrons. The van der Waals surface area contributed by atoms with Crippen LogP contribution in [0.2, 0.25) is 0 Å². The third-order valence-electron chi connectivity index (χ3n) is 4.35. The fourth-order valence-electron chi connectivity index (χ4n) is 3.34. The summed E-state index contributed by atoms with van der Waals surface area (Å²) in [5, 5.41) is 2.73. The van der Waals surface area contributed by atoms with Gasteiger partial charge in [-0.05, 0) is 17.5 Å². The molecule has 1 aliphatic heterocycles. The number of carbonyl (C=O) groups is 1. The Hall–Kier alpha value is -1.43. The highest BCUT2D eigenvalue weighted by Crippen LogP contribution is 2.42. The van der Waals surface area contributed by atoms with E-state index in [1.807, 2.05) is 12.1 Å². The lowest BCUT2D eigenvalue weighted by Gasteiger charge is -2.38. The molecule has 1 amide bonds. The lowest BCUT2D eigenvalue weighted by Crippen LogP contribution is -2.54.